The molecule has 2 N–H and O–H groups in total. The SMILES string of the molecule is CCCCCC(=O)C1CCN(c2ncnc(Nc3ccc(S(C)(=O)=O)nc3)c2C#N)CC1.CCCCCC(=O)C1CCN(c2ncnc(Nc3ccc(SC)nc3)c2C#N)CC1. The minimum Gasteiger partial charge on any atom is -0.355 e. The maximum Gasteiger partial charge on any atom is 0.192 e. The van der Waals surface area contributed by atoms with Crippen molar-refractivity contribution in [3.05, 3.63) is 60.4 Å². The Labute approximate surface area is 369 Å². The third-order valence-electron chi connectivity index (χ3n) is 11.0. The van der Waals surface area contributed by atoms with E-state index in [0.29, 0.717) is 77.6 Å². The van der Waals surface area contributed by atoms with Crippen molar-refractivity contribution in [2.45, 2.75) is 101 Å². The van der Waals surface area contributed by atoms with Crippen LogP contribution in [0.15, 0.2) is 59.4 Å². The molecule has 2 aliphatic heterocycles. The molecule has 0 aliphatic carbocycles. The summed E-state index contributed by atoms with van der Waals surface area (Å²) in [5, 5.41) is 26.7. The number of hydrogen-bond donors (Lipinski definition) is 2. The summed E-state index contributed by atoms with van der Waals surface area (Å²) in [7, 11) is -3.39. The van der Waals surface area contributed by atoms with Gasteiger partial charge in [-0.2, -0.15) is 10.5 Å². The van der Waals surface area contributed by atoms with E-state index in [1.165, 1.54) is 24.9 Å². The van der Waals surface area contributed by atoms with Gasteiger partial charge in [-0.25, -0.2) is 38.3 Å². The number of ketones is 2. The molecule has 6 heterocycles. The number of nitriles is 2. The van der Waals surface area contributed by atoms with Crippen molar-refractivity contribution < 1.29 is 18.0 Å². The summed E-state index contributed by atoms with van der Waals surface area (Å²) in [5.74, 6) is 2.88. The molecule has 0 atom stereocenters. The van der Waals surface area contributed by atoms with Crippen molar-refractivity contribution in [2.75, 3.05) is 59.1 Å². The van der Waals surface area contributed by atoms with Crippen molar-refractivity contribution in [2.24, 2.45) is 11.8 Å². The van der Waals surface area contributed by atoms with Crippen LogP contribution in [0.2, 0.25) is 0 Å². The van der Waals surface area contributed by atoms with Crippen LogP contribution in [0.1, 0.15) is 102 Å². The van der Waals surface area contributed by atoms with Gasteiger partial charge >= 0.3 is 0 Å². The average molecular weight is 881 g/mol. The third-order valence-corrected chi connectivity index (χ3v) is 12.7. The summed E-state index contributed by atoms with van der Waals surface area (Å²) in [6.45, 7) is 7.02. The second-order valence-corrected chi connectivity index (χ2v) is 18.2. The van der Waals surface area contributed by atoms with Gasteiger partial charge in [0.25, 0.3) is 0 Å². The summed E-state index contributed by atoms with van der Waals surface area (Å²) in [5.41, 5.74) is 1.99. The number of hydrogen-bond acceptors (Lipinski definition) is 17. The first kappa shape index (κ1) is 47.3. The van der Waals surface area contributed by atoms with E-state index in [2.05, 4.69) is 71.4 Å². The van der Waals surface area contributed by atoms with Crippen molar-refractivity contribution in [3.8, 4) is 12.1 Å². The van der Waals surface area contributed by atoms with Crippen LogP contribution in [0.5, 0.6) is 0 Å². The molecule has 16 nitrogen and oxygen atoms in total. The number of Topliss-reactive ketones (excluding diaryl/α,β-unsaturated/α-hetero) is 2. The Bertz CT molecular complexity index is 2300. The van der Waals surface area contributed by atoms with E-state index >= 15 is 0 Å². The van der Waals surface area contributed by atoms with Gasteiger partial charge in [-0.05, 0) is 69.0 Å². The lowest BCUT2D eigenvalue weighted by atomic mass is 9.90. The molecular weight excluding hydrogens is 825 g/mol. The predicted octanol–water partition coefficient (Wildman–Crippen LogP) is 7.83. The molecule has 2 aliphatic rings. The molecule has 6 rings (SSSR count). The Morgan fingerprint density at radius 1 is 0.694 bits per heavy atom. The molecule has 0 aromatic carbocycles. The van der Waals surface area contributed by atoms with E-state index in [9.17, 15) is 28.5 Å². The van der Waals surface area contributed by atoms with Crippen molar-refractivity contribution in [1.29, 1.82) is 10.5 Å². The fourth-order valence-corrected chi connectivity index (χ4v) is 8.40. The summed E-state index contributed by atoms with van der Waals surface area (Å²) < 4.78 is 23.2. The summed E-state index contributed by atoms with van der Waals surface area (Å²) in [6, 6.07) is 11.2. The first-order valence-corrected chi connectivity index (χ1v) is 24.4. The first-order chi connectivity index (χ1) is 30.0. The number of pyridine rings is 2. The smallest absolute Gasteiger partial charge is 0.192 e. The van der Waals surface area contributed by atoms with E-state index in [0.717, 1.165) is 94.3 Å². The number of nitrogens with zero attached hydrogens (tertiary/aromatic N) is 10. The lowest BCUT2D eigenvalue weighted by molar-refractivity contribution is -0.124. The van der Waals surface area contributed by atoms with E-state index in [4.69, 9.17) is 0 Å². The number of aromatic nitrogens is 6. The molecule has 2 fully saturated rings. The minimum absolute atomic E-state index is 0.0287. The van der Waals surface area contributed by atoms with Gasteiger partial charge in [-0.3, -0.25) is 9.59 Å². The summed E-state index contributed by atoms with van der Waals surface area (Å²) in [6.07, 6.45) is 19.9. The molecule has 62 heavy (non-hydrogen) atoms. The minimum atomic E-state index is -3.39. The second-order valence-electron chi connectivity index (χ2n) is 15.4. The molecular formula is C44H56N12O4S2. The Kier molecular flexibility index (Phi) is 17.9. The average Bonchev–Trinajstić information content (AvgIpc) is 3.29. The maximum atomic E-state index is 12.4. The highest BCUT2D eigenvalue weighted by atomic mass is 32.2. The zero-order chi connectivity index (χ0) is 44.5. The molecule has 0 spiro atoms. The molecule has 0 unspecified atom stereocenters. The highest BCUT2D eigenvalue weighted by molar-refractivity contribution is 7.98. The van der Waals surface area contributed by atoms with Crippen LogP contribution >= 0.6 is 11.8 Å². The van der Waals surface area contributed by atoms with Gasteiger partial charge in [-0.1, -0.05) is 39.5 Å². The van der Waals surface area contributed by atoms with Crippen LogP contribution in [-0.4, -0.2) is 88.6 Å². The highest BCUT2D eigenvalue weighted by Gasteiger charge is 2.29. The monoisotopic (exact) mass is 880 g/mol. The topological polar surface area (TPSA) is 224 Å². The van der Waals surface area contributed by atoms with Crippen LogP contribution in [0.25, 0.3) is 0 Å². The van der Waals surface area contributed by atoms with Crippen LogP contribution in [0.4, 0.5) is 34.6 Å². The van der Waals surface area contributed by atoms with Gasteiger partial charge in [-0.15, -0.1) is 11.8 Å². The largest absolute Gasteiger partial charge is 0.355 e. The van der Waals surface area contributed by atoms with Gasteiger partial charge in [0.05, 0.1) is 28.8 Å². The lowest BCUT2D eigenvalue weighted by Gasteiger charge is -2.32. The van der Waals surface area contributed by atoms with Crippen molar-refractivity contribution in [1.82, 2.24) is 29.9 Å². The predicted molar refractivity (Wildman–Crippen MR) is 242 cm³/mol. The van der Waals surface area contributed by atoms with Gasteiger partial charge in [0, 0.05) is 57.1 Å². The van der Waals surface area contributed by atoms with Crippen molar-refractivity contribution in [3.63, 3.8) is 0 Å². The van der Waals surface area contributed by atoms with Crippen molar-refractivity contribution >= 4 is 67.8 Å². The third kappa shape index (κ3) is 13.1. The Morgan fingerprint density at radius 3 is 1.50 bits per heavy atom. The van der Waals surface area contributed by atoms with E-state index < -0.39 is 9.84 Å². The van der Waals surface area contributed by atoms with Crippen LogP contribution in [0, 0.1) is 34.5 Å². The number of carbonyl (C=O) groups excluding carboxylic acids is 2. The Morgan fingerprint density at radius 2 is 1.15 bits per heavy atom. The number of unbranched alkanes of at least 4 members (excludes halogenated alkanes) is 4. The summed E-state index contributed by atoms with van der Waals surface area (Å²) >= 11 is 1.57. The molecule has 2 saturated heterocycles. The first-order valence-electron chi connectivity index (χ1n) is 21.2. The number of sulfone groups is 1. The molecule has 4 aromatic rings. The zero-order valence-electron chi connectivity index (χ0n) is 36.0. The van der Waals surface area contributed by atoms with Crippen LogP contribution in [0.3, 0.4) is 0 Å². The number of rotatable bonds is 18. The molecule has 0 bridgehead atoms. The molecule has 0 amide bonds. The second kappa shape index (κ2) is 23.5. The Hall–Kier alpha value is -5.72. The number of nitrogens with one attached hydrogen (secondary N) is 2. The van der Waals surface area contributed by atoms with Crippen LogP contribution < -0.4 is 20.4 Å². The van der Waals surface area contributed by atoms with Gasteiger partial charge < -0.3 is 20.4 Å². The van der Waals surface area contributed by atoms with E-state index in [1.54, 1.807) is 24.0 Å². The Balaban J connectivity index is 0.000000235. The van der Waals surface area contributed by atoms with Gasteiger partial charge in [0.2, 0.25) is 0 Å². The molecule has 0 saturated carbocycles. The fraction of sp³-hybridized carbons (Fsp3) is 0.500. The molecule has 0 radical (unpaired) electrons. The van der Waals surface area contributed by atoms with E-state index in [-0.39, 0.29) is 16.9 Å². The maximum absolute atomic E-state index is 12.4. The number of piperidine rings is 2. The van der Waals surface area contributed by atoms with Crippen LogP contribution in [-0.2, 0) is 19.4 Å². The van der Waals surface area contributed by atoms with Gasteiger partial charge in [0.1, 0.15) is 47.5 Å². The number of anilines is 6. The molecule has 328 valence electrons. The fourth-order valence-electron chi connectivity index (χ4n) is 7.48. The highest BCUT2D eigenvalue weighted by Crippen LogP contribution is 2.31. The zero-order valence-corrected chi connectivity index (χ0v) is 37.6. The number of carbonyl (C=O) groups is 2. The van der Waals surface area contributed by atoms with E-state index in [1.807, 2.05) is 23.3 Å². The normalized spacial score (nSPS) is 14.5. The standard InChI is InChI=1S/C22H28N6O3S.C22H28N6OS/c1-3-4-5-6-19(29)16-9-11-28(12-10-16)22-18(13-23)21(25-15-26-22)27-17-7-8-20(24-14-17)32(2,30)31;1-3-4-5-6-19(29)16-9-11-28(12-10-16)22-18(13-23)21(25-15-26-22)27-17-7-8-20(30-2)24-14-17/h7-8,14-16H,3-6,9-12H2,1-2H3,(H,25,26,27);7-8,14-16H,3-6,9-12H2,1-2H3,(H,25,26,27). The number of thioether (sulfide) groups is 1. The molecule has 18 heteroatoms. The van der Waals surface area contributed by atoms with Gasteiger partial charge in [0.15, 0.2) is 38.1 Å². The lowest BCUT2D eigenvalue weighted by Crippen LogP contribution is -2.37. The summed E-state index contributed by atoms with van der Waals surface area (Å²) in [4.78, 5) is 54.4. The quantitative estimate of drug-likeness (QED) is 0.0717. The molecule has 4 aromatic heterocycles.